The SMILES string of the molecule is O=C1C[C@H]2[C@@H](CCN2C(=O)C2CC(O)C2)N1Cc1ccncc1. The normalized spacial score (nSPS) is 32.8. The number of aliphatic hydroxyl groups excluding tert-OH is 1. The number of aliphatic hydroxyl groups is 1. The number of fused-ring (bicyclic) bond motifs is 1. The van der Waals surface area contributed by atoms with Crippen LogP contribution in [0.4, 0.5) is 0 Å². The fraction of sp³-hybridized carbons (Fsp3) is 0.588. The molecule has 122 valence electrons. The van der Waals surface area contributed by atoms with Crippen LogP contribution in [0.3, 0.4) is 0 Å². The largest absolute Gasteiger partial charge is 0.393 e. The van der Waals surface area contributed by atoms with Gasteiger partial charge in [-0.05, 0) is 37.0 Å². The first-order valence-corrected chi connectivity index (χ1v) is 8.30. The Labute approximate surface area is 135 Å². The first-order valence-electron chi connectivity index (χ1n) is 8.30. The second-order valence-corrected chi connectivity index (χ2v) is 6.86. The summed E-state index contributed by atoms with van der Waals surface area (Å²) in [4.78, 5) is 32.8. The Hall–Kier alpha value is -1.95. The number of rotatable bonds is 3. The van der Waals surface area contributed by atoms with E-state index < -0.39 is 0 Å². The quantitative estimate of drug-likeness (QED) is 0.884. The minimum atomic E-state index is -0.323. The standard InChI is InChI=1S/C17H21N3O3/c21-13-7-12(8-13)17(23)19-6-3-14-15(19)9-16(22)20(14)10-11-1-4-18-5-2-11/h1-2,4-5,12-15,21H,3,6-10H2/t12?,13?,14-,15+/m1/s1. The Morgan fingerprint density at radius 1 is 1.26 bits per heavy atom. The van der Waals surface area contributed by atoms with Crippen molar-refractivity contribution in [1.82, 2.24) is 14.8 Å². The summed E-state index contributed by atoms with van der Waals surface area (Å²) in [6.07, 6.45) is 5.57. The van der Waals surface area contributed by atoms with E-state index in [4.69, 9.17) is 0 Å². The molecule has 4 rings (SSSR count). The van der Waals surface area contributed by atoms with Gasteiger partial charge >= 0.3 is 0 Å². The molecule has 2 amide bonds. The zero-order valence-electron chi connectivity index (χ0n) is 13.0. The maximum Gasteiger partial charge on any atom is 0.226 e. The average molecular weight is 315 g/mol. The Morgan fingerprint density at radius 3 is 2.70 bits per heavy atom. The molecule has 0 spiro atoms. The van der Waals surface area contributed by atoms with Crippen LogP contribution < -0.4 is 0 Å². The molecule has 3 fully saturated rings. The second kappa shape index (κ2) is 5.60. The van der Waals surface area contributed by atoms with Crippen molar-refractivity contribution in [3.8, 4) is 0 Å². The van der Waals surface area contributed by atoms with E-state index in [1.165, 1.54) is 0 Å². The van der Waals surface area contributed by atoms with Crippen molar-refractivity contribution < 1.29 is 14.7 Å². The van der Waals surface area contributed by atoms with Crippen molar-refractivity contribution >= 4 is 11.8 Å². The first kappa shape index (κ1) is 14.6. The van der Waals surface area contributed by atoms with Gasteiger partial charge in [0.15, 0.2) is 0 Å². The number of carbonyl (C=O) groups is 2. The molecule has 1 aromatic rings. The highest BCUT2D eigenvalue weighted by molar-refractivity contribution is 5.85. The zero-order chi connectivity index (χ0) is 16.0. The molecule has 0 unspecified atom stereocenters. The minimum absolute atomic E-state index is 0.00887. The predicted octanol–water partition coefficient (Wildman–Crippen LogP) is 0.554. The van der Waals surface area contributed by atoms with Gasteiger partial charge in [-0.15, -0.1) is 0 Å². The van der Waals surface area contributed by atoms with E-state index in [9.17, 15) is 14.7 Å². The lowest BCUT2D eigenvalue weighted by molar-refractivity contribution is -0.143. The van der Waals surface area contributed by atoms with E-state index >= 15 is 0 Å². The predicted molar refractivity (Wildman–Crippen MR) is 82.0 cm³/mol. The van der Waals surface area contributed by atoms with Crippen LogP contribution in [0.15, 0.2) is 24.5 Å². The molecule has 3 heterocycles. The lowest BCUT2D eigenvalue weighted by atomic mass is 9.81. The van der Waals surface area contributed by atoms with Crippen LogP contribution in [0.2, 0.25) is 0 Å². The summed E-state index contributed by atoms with van der Waals surface area (Å²) in [6, 6.07) is 3.99. The molecule has 0 aromatic carbocycles. The van der Waals surface area contributed by atoms with Gasteiger partial charge in [0, 0.05) is 37.8 Å². The molecule has 0 radical (unpaired) electrons. The van der Waals surface area contributed by atoms with Gasteiger partial charge in [-0.1, -0.05) is 0 Å². The number of amides is 2. The van der Waals surface area contributed by atoms with Crippen LogP contribution >= 0.6 is 0 Å². The van der Waals surface area contributed by atoms with Crippen LogP contribution in [0.5, 0.6) is 0 Å². The fourth-order valence-electron chi connectivity index (χ4n) is 4.12. The zero-order valence-corrected chi connectivity index (χ0v) is 13.0. The number of hydrogen-bond acceptors (Lipinski definition) is 4. The van der Waals surface area contributed by atoms with Crippen molar-refractivity contribution in [2.75, 3.05) is 6.54 Å². The molecule has 2 saturated heterocycles. The Balaban J connectivity index is 1.46. The van der Waals surface area contributed by atoms with Gasteiger partial charge < -0.3 is 14.9 Å². The molecule has 6 heteroatoms. The van der Waals surface area contributed by atoms with E-state index in [0.717, 1.165) is 18.5 Å². The van der Waals surface area contributed by atoms with Gasteiger partial charge in [0.25, 0.3) is 0 Å². The summed E-state index contributed by atoms with van der Waals surface area (Å²) in [5.74, 6) is 0.206. The Bertz CT molecular complexity index is 615. The highest BCUT2D eigenvalue weighted by Gasteiger charge is 2.50. The van der Waals surface area contributed by atoms with E-state index in [0.29, 0.717) is 25.8 Å². The molecule has 2 aliphatic heterocycles. The van der Waals surface area contributed by atoms with Crippen LogP contribution in [-0.4, -0.2) is 56.4 Å². The number of hydrogen-bond donors (Lipinski definition) is 1. The summed E-state index contributed by atoms with van der Waals surface area (Å²) in [5.41, 5.74) is 1.07. The maximum atomic E-state index is 12.6. The van der Waals surface area contributed by atoms with Gasteiger partial charge in [-0.2, -0.15) is 0 Å². The molecular weight excluding hydrogens is 294 g/mol. The Kier molecular flexibility index (Phi) is 3.56. The molecule has 6 nitrogen and oxygen atoms in total. The number of nitrogens with zero attached hydrogens (tertiary/aromatic N) is 3. The molecular formula is C17H21N3O3. The minimum Gasteiger partial charge on any atom is -0.393 e. The van der Waals surface area contributed by atoms with E-state index in [-0.39, 0.29) is 35.9 Å². The molecule has 23 heavy (non-hydrogen) atoms. The van der Waals surface area contributed by atoms with Gasteiger partial charge in [0.2, 0.25) is 11.8 Å². The fourth-order valence-corrected chi connectivity index (χ4v) is 4.12. The summed E-state index contributed by atoms with van der Waals surface area (Å²) < 4.78 is 0. The average Bonchev–Trinajstić information content (AvgIpc) is 3.05. The third-order valence-corrected chi connectivity index (χ3v) is 5.46. The summed E-state index contributed by atoms with van der Waals surface area (Å²) in [7, 11) is 0. The van der Waals surface area contributed by atoms with Crippen LogP contribution in [0.25, 0.3) is 0 Å². The third kappa shape index (κ3) is 2.51. The van der Waals surface area contributed by atoms with Gasteiger partial charge in [-0.3, -0.25) is 14.6 Å². The van der Waals surface area contributed by atoms with Crippen molar-refractivity contribution in [3.05, 3.63) is 30.1 Å². The lowest BCUT2D eigenvalue weighted by Crippen LogP contribution is -2.46. The van der Waals surface area contributed by atoms with Gasteiger partial charge in [0.05, 0.1) is 18.2 Å². The van der Waals surface area contributed by atoms with Crippen molar-refractivity contribution in [1.29, 1.82) is 0 Å². The van der Waals surface area contributed by atoms with E-state index in [1.807, 2.05) is 21.9 Å². The van der Waals surface area contributed by atoms with E-state index in [2.05, 4.69) is 4.98 Å². The van der Waals surface area contributed by atoms with Crippen molar-refractivity contribution in [2.45, 2.75) is 50.4 Å². The Morgan fingerprint density at radius 2 is 2.00 bits per heavy atom. The van der Waals surface area contributed by atoms with Gasteiger partial charge in [-0.25, -0.2) is 0 Å². The molecule has 0 bridgehead atoms. The molecule has 1 N–H and O–H groups in total. The smallest absolute Gasteiger partial charge is 0.226 e. The summed E-state index contributed by atoms with van der Waals surface area (Å²) in [6.45, 7) is 1.31. The summed E-state index contributed by atoms with van der Waals surface area (Å²) in [5, 5.41) is 9.41. The monoisotopic (exact) mass is 315 g/mol. The van der Waals surface area contributed by atoms with Crippen LogP contribution in [0.1, 0.15) is 31.2 Å². The highest BCUT2D eigenvalue weighted by atomic mass is 16.3. The topological polar surface area (TPSA) is 73.7 Å². The molecule has 1 aliphatic carbocycles. The van der Waals surface area contributed by atoms with Crippen molar-refractivity contribution in [3.63, 3.8) is 0 Å². The molecule has 2 atom stereocenters. The van der Waals surface area contributed by atoms with Crippen molar-refractivity contribution in [2.24, 2.45) is 5.92 Å². The highest BCUT2D eigenvalue weighted by Crippen LogP contribution is 2.37. The maximum absolute atomic E-state index is 12.6. The van der Waals surface area contributed by atoms with E-state index in [1.54, 1.807) is 12.4 Å². The summed E-state index contributed by atoms with van der Waals surface area (Å²) >= 11 is 0. The number of aromatic nitrogens is 1. The lowest BCUT2D eigenvalue weighted by Gasteiger charge is -2.35. The van der Waals surface area contributed by atoms with Crippen LogP contribution in [0, 0.1) is 5.92 Å². The second-order valence-electron chi connectivity index (χ2n) is 6.86. The molecule has 1 aromatic heterocycles. The molecule has 1 saturated carbocycles. The first-order chi connectivity index (χ1) is 11.1. The van der Waals surface area contributed by atoms with Gasteiger partial charge in [0.1, 0.15) is 0 Å². The third-order valence-electron chi connectivity index (χ3n) is 5.46. The van der Waals surface area contributed by atoms with Crippen LogP contribution in [-0.2, 0) is 16.1 Å². The number of carbonyl (C=O) groups excluding carboxylic acids is 2. The molecule has 3 aliphatic rings. The number of pyridine rings is 1. The number of likely N-dealkylation sites (tertiary alicyclic amines) is 2.